The Morgan fingerprint density at radius 2 is 2.22 bits per heavy atom. The Morgan fingerprint density at radius 3 is 3.11 bits per heavy atom. The van der Waals surface area contributed by atoms with Gasteiger partial charge in [-0.2, -0.15) is 0 Å². The van der Waals surface area contributed by atoms with Crippen molar-refractivity contribution in [1.82, 2.24) is 4.98 Å². The molecule has 0 saturated heterocycles. The molecule has 1 saturated carbocycles. The van der Waals surface area contributed by atoms with E-state index in [0.717, 1.165) is 17.5 Å². The lowest BCUT2D eigenvalue weighted by atomic mass is 9.97. The van der Waals surface area contributed by atoms with E-state index >= 15 is 0 Å². The van der Waals surface area contributed by atoms with Crippen LogP contribution in [0.4, 0.5) is 0 Å². The van der Waals surface area contributed by atoms with E-state index in [1.165, 1.54) is 19.3 Å². The van der Waals surface area contributed by atoms with E-state index in [4.69, 9.17) is 14.9 Å². The van der Waals surface area contributed by atoms with Crippen molar-refractivity contribution in [3.8, 4) is 5.88 Å². The van der Waals surface area contributed by atoms with Crippen molar-refractivity contribution in [2.75, 3.05) is 13.2 Å². The Morgan fingerprint density at radius 1 is 1.33 bits per heavy atom. The van der Waals surface area contributed by atoms with Gasteiger partial charge in [-0.1, -0.05) is 6.42 Å². The van der Waals surface area contributed by atoms with Gasteiger partial charge in [0.05, 0.1) is 18.3 Å². The molecule has 0 amide bonds. The van der Waals surface area contributed by atoms with Gasteiger partial charge in [0.25, 0.3) is 0 Å². The zero-order valence-corrected chi connectivity index (χ0v) is 10.3. The summed E-state index contributed by atoms with van der Waals surface area (Å²) in [6.45, 7) is 1.47. The first-order valence-electron chi connectivity index (χ1n) is 6.53. The summed E-state index contributed by atoms with van der Waals surface area (Å²) in [5.41, 5.74) is 6.60. The number of aromatic nitrogens is 1. The molecule has 4 nitrogen and oxygen atoms in total. The summed E-state index contributed by atoms with van der Waals surface area (Å²) in [7, 11) is 0. The molecule has 0 spiro atoms. The Labute approximate surface area is 106 Å². The number of fused-ring (bicyclic) bond motifs is 1. The summed E-state index contributed by atoms with van der Waals surface area (Å²) in [5.74, 6) is 1.84. The van der Waals surface area contributed by atoms with Crippen molar-refractivity contribution >= 4 is 11.0 Å². The van der Waals surface area contributed by atoms with Crippen LogP contribution in [0.5, 0.6) is 5.88 Å². The molecule has 1 aliphatic rings. The lowest BCUT2D eigenvalue weighted by Gasteiger charge is -2.17. The lowest BCUT2D eigenvalue weighted by molar-refractivity contribution is 0.212. The summed E-state index contributed by atoms with van der Waals surface area (Å²) < 4.78 is 11.2. The van der Waals surface area contributed by atoms with Crippen molar-refractivity contribution in [2.24, 2.45) is 17.6 Å². The van der Waals surface area contributed by atoms with E-state index in [1.807, 2.05) is 12.1 Å². The molecule has 2 aromatic rings. The third kappa shape index (κ3) is 2.08. The topological polar surface area (TPSA) is 61.3 Å². The number of rotatable bonds is 4. The highest BCUT2D eigenvalue weighted by molar-refractivity contribution is 5.81. The van der Waals surface area contributed by atoms with Gasteiger partial charge in [-0.25, -0.2) is 4.98 Å². The minimum absolute atomic E-state index is 0.568. The third-order valence-corrected chi connectivity index (χ3v) is 3.90. The smallest absolute Gasteiger partial charge is 0.224 e. The molecule has 0 bridgehead atoms. The Kier molecular flexibility index (Phi) is 3.19. The molecule has 2 N–H and O–H groups in total. The fraction of sp³-hybridized carbons (Fsp3) is 0.500. The van der Waals surface area contributed by atoms with Crippen LogP contribution >= 0.6 is 0 Å². The summed E-state index contributed by atoms with van der Waals surface area (Å²) in [5, 5.41) is 0.944. The van der Waals surface area contributed by atoms with Crippen LogP contribution in [0, 0.1) is 11.8 Å². The van der Waals surface area contributed by atoms with E-state index in [0.29, 0.717) is 24.3 Å². The first-order chi connectivity index (χ1) is 8.88. The maximum absolute atomic E-state index is 5.87. The summed E-state index contributed by atoms with van der Waals surface area (Å²) in [6, 6.07) is 3.74. The molecular weight excluding hydrogens is 228 g/mol. The van der Waals surface area contributed by atoms with Crippen LogP contribution in [0.3, 0.4) is 0 Å². The maximum Gasteiger partial charge on any atom is 0.224 e. The van der Waals surface area contributed by atoms with Gasteiger partial charge >= 0.3 is 0 Å². The van der Waals surface area contributed by atoms with E-state index < -0.39 is 0 Å². The fourth-order valence-electron chi connectivity index (χ4n) is 2.81. The monoisotopic (exact) mass is 246 g/mol. The molecule has 18 heavy (non-hydrogen) atoms. The van der Waals surface area contributed by atoms with Gasteiger partial charge < -0.3 is 14.9 Å². The van der Waals surface area contributed by atoms with Gasteiger partial charge in [0.1, 0.15) is 5.58 Å². The molecule has 2 aromatic heterocycles. The lowest BCUT2D eigenvalue weighted by Crippen LogP contribution is -2.23. The maximum atomic E-state index is 5.87. The van der Waals surface area contributed by atoms with Gasteiger partial charge in [0.2, 0.25) is 5.88 Å². The fourth-order valence-corrected chi connectivity index (χ4v) is 2.81. The van der Waals surface area contributed by atoms with Crippen LogP contribution in [-0.4, -0.2) is 18.1 Å². The van der Waals surface area contributed by atoms with Gasteiger partial charge in [-0.05, 0) is 43.4 Å². The number of hydrogen-bond acceptors (Lipinski definition) is 4. The van der Waals surface area contributed by atoms with Crippen LogP contribution in [0.25, 0.3) is 11.0 Å². The number of nitrogens with two attached hydrogens (primary N) is 1. The highest BCUT2D eigenvalue weighted by Gasteiger charge is 2.26. The SMILES string of the molecule is NCC1CCCC1COc1nccc2occc12. The first kappa shape index (κ1) is 11.5. The molecule has 1 aliphatic carbocycles. The van der Waals surface area contributed by atoms with E-state index in [1.54, 1.807) is 12.5 Å². The molecule has 3 rings (SSSR count). The molecule has 2 unspecified atom stereocenters. The molecule has 1 fully saturated rings. The molecule has 0 radical (unpaired) electrons. The molecule has 0 aromatic carbocycles. The van der Waals surface area contributed by atoms with Crippen molar-refractivity contribution in [3.63, 3.8) is 0 Å². The molecule has 2 atom stereocenters. The normalized spacial score (nSPS) is 23.6. The largest absolute Gasteiger partial charge is 0.477 e. The molecule has 2 heterocycles. The Balaban J connectivity index is 1.71. The second-order valence-electron chi connectivity index (χ2n) is 4.95. The van der Waals surface area contributed by atoms with Crippen LogP contribution in [-0.2, 0) is 0 Å². The van der Waals surface area contributed by atoms with E-state index in [2.05, 4.69) is 4.98 Å². The van der Waals surface area contributed by atoms with Crippen molar-refractivity contribution in [3.05, 3.63) is 24.6 Å². The molecule has 4 heteroatoms. The number of furan rings is 1. The Bertz CT molecular complexity index is 523. The van der Waals surface area contributed by atoms with Crippen LogP contribution in [0.2, 0.25) is 0 Å². The quantitative estimate of drug-likeness (QED) is 0.900. The molecule has 96 valence electrons. The predicted molar refractivity (Wildman–Crippen MR) is 69.4 cm³/mol. The number of hydrogen-bond donors (Lipinski definition) is 1. The van der Waals surface area contributed by atoms with Crippen molar-refractivity contribution in [1.29, 1.82) is 0 Å². The van der Waals surface area contributed by atoms with Crippen molar-refractivity contribution < 1.29 is 9.15 Å². The van der Waals surface area contributed by atoms with Crippen molar-refractivity contribution in [2.45, 2.75) is 19.3 Å². The zero-order valence-electron chi connectivity index (χ0n) is 10.3. The first-order valence-corrected chi connectivity index (χ1v) is 6.53. The predicted octanol–water partition coefficient (Wildman–Crippen LogP) is 2.58. The van der Waals surface area contributed by atoms with Gasteiger partial charge in [0, 0.05) is 6.20 Å². The number of pyridine rings is 1. The standard InChI is InChI=1S/C14H18N2O2/c15-8-10-2-1-3-11(10)9-18-14-12-5-7-17-13(12)4-6-16-14/h4-7,10-11H,1-3,8-9,15H2. The minimum Gasteiger partial charge on any atom is -0.477 e. The average Bonchev–Trinajstić information content (AvgIpc) is 3.04. The van der Waals surface area contributed by atoms with Crippen LogP contribution in [0.1, 0.15) is 19.3 Å². The average molecular weight is 246 g/mol. The minimum atomic E-state index is 0.568. The van der Waals surface area contributed by atoms with E-state index in [9.17, 15) is 0 Å². The number of ether oxygens (including phenoxy) is 1. The molecular formula is C14H18N2O2. The Hall–Kier alpha value is -1.55. The highest BCUT2D eigenvalue weighted by Crippen LogP contribution is 2.32. The summed E-state index contributed by atoms with van der Waals surface area (Å²) in [4.78, 5) is 4.28. The van der Waals surface area contributed by atoms with Gasteiger partial charge in [0.15, 0.2) is 0 Å². The third-order valence-electron chi connectivity index (χ3n) is 3.90. The summed E-state index contributed by atoms with van der Waals surface area (Å²) in [6.07, 6.45) is 7.09. The zero-order chi connectivity index (χ0) is 12.4. The van der Waals surface area contributed by atoms with Crippen LogP contribution < -0.4 is 10.5 Å². The van der Waals surface area contributed by atoms with Crippen LogP contribution in [0.15, 0.2) is 29.0 Å². The van der Waals surface area contributed by atoms with Gasteiger partial charge in [-0.3, -0.25) is 0 Å². The van der Waals surface area contributed by atoms with Gasteiger partial charge in [-0.15, -0.1) is 0 Å². The van der Waals surface area contributed by atoms with E-state index in [-0.39, 0.29) is 0 Å². The second-order valence-corrected chi connectivity index (χ2v) is 4.95. The molecule has 0 aliphatic heterocycles. The highest BCUT2D eigenvalue weighted by atomic mass is 16.5. The second kappa shape index (κ2) is 4.98. The number of nitrogens with zero attached hydrogens (tertiary/aromatic N) is 1. The summed E-state index contributed by atoms with van der Waals surface area (Å²) >= 11 is 0.